The number of carbonyl (C=O) groups excluding carboxylic acids is 1. The molecule has 1 unspecified atom stereocenters. The van der Waals surface area contributed by atoms with Crippen molar-refractivity contribution in [1.29, 1.82) is 0 Å². The van der Waals surface area contributed by atoms with Crippen LogP contribution in [0.2, 0.25) is 0 Å². The van der Waals surface area contributed by atoms with Gasteiger partial charge in [0.25, 0.3) is 5.91 Å². The van der Waals surface area contributed by atoms with Crippen LogP contribution in [0, 0.1) is 5.92 Å². The zero-order chi connectivity index (χ0) is 9.71. The normalized spacial score (nSPS) is 30.8. The lowest BCUT2D eigenvalue weighted by Crippen LogP contribution is -2.26. The third-order valence-corrected chi connectivity index (χ3v) is 4.11. The van der Waals surface area contributed by atoms with E-state index in [4.69, 9.17) is 11.6 Å². The number of nitrogens with zero attached hydrogens (tertiary/aromatic N) is 2. The van der Waals surface area contributed by atoms with Gasteiger partial charge >= 0.3 is 0 Å². The summed E-state index contributed by atoms with van der Waals surface area (Å²) >= 11 is 7.49. The van der Waals surface area contributed by atoms with Crippen molar-refractivity contribution in [3.63, 3.8) is 0 Å². The van der Waals surface area contributed by atoms with Crippen LogP contribution >= 0.6 is 23.4 Å². The maximum atomic E-state index is 11.4. The molecule has 72 valence electrons. The second kappa shape index (κ2) is 2.94. The van der Waals surface area contributed by atoms with Gasteiger partial charge in [-0.3, -0.25) is 4.79 Å². The zero-order valence-electron chi connectivity index (χ0n) is 7.24. The highest BCUT2D eigenvalue weighted by Gasteiger charge is 2.43. The van der Waals surface area contributed by atoms with Crippen molar-refractivity contribution < 1.29 is 4.79 Å². The first-order chi connectivity index (χ1) is 6.77. The summed E-state index contributed by atoms with van der Waals surface area (Å²) in [4.78, 5) is 19.3. The summed E-state index contributed by atoms with van der Waals surface area (Å²) in [5.41, 5.74) is 1.95. The Bertz CT molecular complexity index is 409. The van der Waals surface area contributed by atoms with Gasteiger partial charge in [0.2, 0.25) is 0 Å². The number of hydrogen-bond donors (Lipinski definition) is 0. The van der Waals surface area contributed by atoms with Crippen LogP contribution < -0.4 is 0 Å². The van der Waals surface area contributed by atoms with Crippen molar-refractivity contribution in [3.05, 3.63) is 9.94 Å². The number of carbonyl (C=O) groups is 1. The average molecular weight is 227 g/mol. The summed E-state index contributed by atoms with van der Waals surface area (Å²) in [6, 6.07) is 0. The molecule has 2 heterocycles. The lowest BCUT2D eigenvalue weighted by molar-refractivity contribution is -0.116. The van der Waals surface area contributed by atoms with Crippen LogP contribution in [-0.2, 0) is 4.79 Å². The lowest BCUT2D eigenvalue weighted by Gasteiger charge is -2.10. The number of aliphatic imine (C=N–C) groups is 2. The predicted molar refractivity (Wildman–Crippen MR) is 57.9 cm³/mol. The topological polar surface area (TPSA) is 41.8 Å². The van der Waals surface area contributed by atoms with Gasteiger partial charge in [-0.25, -0.2) is 9.98 Å². The average Bonchev–Trinajstić information content (AvgIpc) is 2.91. The fourth-order valence-corrected chi connectivity index (χ4v) is 3.31. The minimum atomic E-state index is -0.261. The Morgan fingerprint density at radius 2 is 2.29 bits per heavy atom. The van der Waals surface area contributed by atoms with Crippen LogP contribution in [0.5, 0.6) is 0 Å². The van der Waals surface area contributed by atoms with Gasteiger partial charge in [0.15, 0.2) is 0 Å². The molecule has 0 aromatic rings. The van der Waals surface area contributed by atoms with Crippen LogP contribution in [0.4, 0.5) is 0 Å². The molecular weight excluding hydrogens is 220 g/mol. The molecule has 0 bridgehead atoms. The van der Waals surface area contributed by atoms with Crippen LogP contribution in [0.25, 0.3) is 0 Å². The molecule has 5 heteroatoms. The van der Waals surface area contributed by atoms with E-state index >= 15 is 0 Å². The third-order valence-electron chi connectivity index (χ3n) is 2.55. The van der Waals surface area contributed by atoms with Gasteiger partial charge in [0.1, 0.15) is 11.6 Å². The molecule has 3 aliphatic rings. The molecule has 3 rings (SSSR count). The molecule has 1 saturated carbocycles. The molecule has 1 aliphatic carbocycles. The van der Waals surface area contributed by atoms with E-state index < -0.39 is 0 Å². The first-order valence-corrected chi connectivity index (χ1v) is 5.74. The molecule has 0 N–H and O–H groups in total. The molecule has 1 atom stereocenters. The monoisotopic (exact) mass is 226 g/mol. The van der Waals surface area contributed by atoms with Crippen LogP contribution in [-0.4, -0.2) is 23.2 Å². The quantitative estimate of drug-likeness (QED) is 0.686. The second-order valence-corrected chi connectivity index (χ2v) is 5.27. The summed E-state index contributed by atoms with van der Waals surface area (Å²) < 4.78 is 0.745. The molecule has 14 heavy (non-hydrogen) atoms. The maximum Gasteiger partial charge on any atom is 0.266 e. The van der Waals surface area contributed by atoms with E-state index in [0.29, 0.717) is 5.92 Å². The zero-order valence-corrected chi connectivity index (χ0v) is 8.81. The number of hydrogen-bond acceptors (Lipinski definition) is 3. The Morgan fingerprint density at radius 1 is 1.50 bits per heavy atom. The Kier molecular flexibility index (Phi) is 1.82. The van der Waals surface area contributed by atoms with E-state index in [1.165, 1.54) is 30.9 Å². The summed E-state index contributed by atoms with van der Waals surface area (Å²) in [7, 11) is 0. The third kappa shape index (κ3) is 1.17. The highest BCUT2D eigenvalue weighted by atomic mass is 35.5. The second-order valence-electron chi connectivity index (χ2n) is 3.56. The largest absolute Gasteiger partial charge is 0.271 e. The van der Waals surface area contributed by atoms with Crippen molar-refractivity contribution in [2.45, 2.75) is 18.1 Å². The Labute approximate surface area is 90.3 Å². The van der Waals surface area contributed by atoms with E-state index in [9.17, 15) is 4.79 Å². The van der Waals surface area contributed by atoms with Crippen molar-refractivity contribution in [3.8, 4) is 0 Å². The van der Waals surface area contributed by atoms with Gasteiger partial charge in [0, 0.05) is 5.57 Å². The first-order valence-electron chi connectivity index (χ1n) is 4.48. The number of allylic oxidation sites excluding steroid dienone is 1. The number of fused-ring (bicyclic) bond motifs is 1. The molecular formula is C9H7ClN2OS. The summed E-state index contributed by atoms with van der Waals surface area (Å²) in [5.74, 6) is 0.409. The number of halogens is 1. The molecule has 0 aromatic carbocycles. The van der Waals surface area contributed by atoms with Crippen LogP contribution in [0.3, 0.4) is 0 Å². The fraction of sp³-hybridized carbons (Fsp3) is 0.444. The molecule has 0 radical (unpaired) electrons. The molecule has 0 aromatic heterocycles. The molecule has 2 aliphatic heterocycles. The maximum absolute atomic E-state index is 11.4. The first kappa shape index (κ1) is 8.68. The standard InChI is InChI=1S/C9H7ClN2OS/c10-8-5(4-1-2-4)6-7(14-8)9(13)12-3-11-6/h3-4,7H,1-2H2. The van der Waals surface area contributed by atoms with E-state index in [1.54, 1.807) is 0 Å². The van der Waals surface area contributed by atoms with Gasteiger partial charge in [0.05, 0.1) is 10.1 Å². The molecule has 0 saturated heterocycles. The summed E-state index contributed by atoms with van der Waals surface area (Å²) in [6.07, 6.45) is 3.68. The van der Waals surface area contributed by atoms with Crippen molar-refractivity contribution in [2.75, 3.05) is 0 Å². The van der Waals surface area contributed by atoms with Crippen molar-refractivity contribution >= 4 is 41.3 Å². The number of amides is 1. The number of thioether (sulfide) groups is 1. The van der Waals surface area contributed by atoms with Crippen LogP contribution in [0.15, 0.2) is 19.9 Å². The highest BCUT2D eigenvalue weighted by molar-refractivity contribution is 8.07. The smallest absolute Gasteiger partial charge is 0.266 e. The van der Waals surface area contributed by atoms with Gasteiger partial charge < -0.3 is 0 Å². The highest BCUT2D eigenvalue weighted by Crippen LogP contribution is 2.49. The predicted octanol–water partition coefficient (Wildman–Crippen LogP) is 1.97. The van der Waals surface area contributed by atoms with Crippen LogP contribution in [0.1, 0.15) is 12.8 Å². The Morgan fingerprint density at radius 3 is 3.00 bits per heavy atom. The summed E-state index contributed by atoms with van der Waals surface area (Å²) in [5, 5.41) is -0.261. The minimum absolute atomic E-state index is 0.131. The van der Waals surface area contributed by atoms with Gasteiger partial charge in [-0.15, -0.1) is 0 Å². The number of rotatable bonds is 1. The van der Waals surface area contributed by atoms with Gasteiger partial charge in [-0.05, 0) is 18.8 Å². The van der Waals surface area contributed by atoms with E-state index in [-0.39, 0.29) is 11.2 Å². The molecule has 1 amide bonds. The fourth-order valence-electron chi connectivity index (χ4n) is 1.73. The van der Waals surface area contributed by atoms with Crippen molar-refractivity contribution in [2.24, 2.45) is 15.9 Å². The molecule has 3 nitrogen and oxygen atoms in total. The van der Waals surface area contributed by atoms with Crippen molar-refractivity contribution in [1.82, 2.24) is 0 Å². The molecule has 1 fully saturated rings. The van der Waals surface area contributed by atoms with Gasteiger partial charge in [-0.2, -0.15) is 0 Å². The Balaban J connectivity index is 2.04. The molecule has 0 spiro atoms. The SMILES string of the molecule is O=C1N=CN=C2C(C3CC3)=C(Cl)SC12. The van der Waals surface area contributed by atoms with E-state index in [2.05, 4.69) is 9.98 Å². The van der Waals surface area contributed by atoms with E-state index in [1.807, 2.05) is 0 Å². The van der Waals surface area contributed by atoms with Gasteiger partial charge in [-0.1, -0.05) is 23.4 Å². The van der Waals surface area contributed by atoms with E-state index in [0.717, 1.165) is 15.6 Å². The Hall–Kier alpha value is -0.610. The summed E-state index contributed by atoms with van der Waals surface area (Å²) in [6.45, 7) is 0. The minimum Gasteiger partial charge on any atom is -0.271 e. The lowest BCUT2D eigenvalue weighted by atomic mass is 10.0.